The lowest BCUT2D eigenvalue weighted by atomic mass is 10.2. The smallest absolute Gasteiger partial charge is 0.308 e. The van der Waals surface area contributed by atoms with E-state index in [4.69, 9.17) is 5.73 Å². The van der Waals surface area contributed by atoms with Gasteiger partial charge in [-0.1, -0.05) is 36.7 Å². The predicted molar refractivity (Wildman–Crippen MR) is 87.1 cm³/mol. The van der Waals surface area contributed by atoms with E-state index in [9.17, 15) is 0 Å². The van der Waals surface area contributed by atoms with Gasteiger partial charge in [0.05, 0.1) is 12.2 Å². The van der Waals surface area contributed by atoms with E-state index in [1.807, 2.05) is 24.5 Å². The number of rotatable bonds is 5. The number of imidazole rings is 1. The standard InChI is InChI=1S/C15H18N6S/c1-10(2)7-21-9-18-12-13(21)19-15(16)20-14(12)22-8-11-5-3-4-6-17-11/h3-6,9-10H,7-8H2,1-2H3,(H2,16,19,20)/p+1. The third kappa shape index (κ3) is 3.19. The molecular formula is C15H19N6S+. The first-order valence-corrected chi connectivity index (χ1v) is 8.19. The number of nitrogens with zero attached hydrogens (tertiary/aromatic N) is 4. The van der Waals surface area contributed by atoms with Crippen LogP contribution in [0.4, 0.5) is 5.95 Å². The Kier molecular flexibility index (Phi) is 4.24. The molecule has 114 valence electrons. The molecule has 3 heterocycles. The van der Waals surface area contributed by atoms with Crippen molar-refractivity contribution in [3.8, 4) is 0 Å². The van der Waals surface area contributed by atoms with Crippen molar-refractivity contribution in [1.29, 1.82) is 0 Å². The Hall–Kier alpha value is -2.15. The van der Waals surface area contributed by atoms with Gasteiger partial charge in [0.25, 0.3) is 5.95 Å². The summed E-state index contributed by atoms with van der Waals surface area (Å²) in [7, 11) is 0. The zero-order chi connectivity index (χ0) is 15.5. The Morgan fingerprint density at radius 1 is 1.32 bits per heavy atom. The number of nitrogens with one attached hydrogen (secondary N) is 1. The summed E-state index contributed by atoms with van der Waals surface area (Å²) in [6.45, 7) is 5.24. The fourth-order valence-corrected chi connectivity index (χ4v) is 3.15. The monoisotopic (exact) mass is 315 g/mol. The van der Waals surface area contributed by atoms with Crippen molar-refractivity contribution < 1.29 is 4.57 Å². The molecule has 6 nitrogen and oxygen atoms in total. The zero-order valence-electron chi connectivity index (χ0n) is 12.7. The Morgan fingerprint density at radius 2 is 2.18 bits per heavy atom. The number of fused-ring (bicyclic) bond motifs is 1. The number of nitrogens with two attached hydrogens (primary N) is 1. The van der Waals surface area contributed by atoms with E-state index in [-0.39, 0.29) is 0 Å². The van der Waals surface area contributed by atoms with E-state index in [2.05, 4.69) is 38.4 Å². The van der Waals surface area contributed by atoms with E-state index >= 15 is 0 Å². The average Bonchev–Trinajstić information content (AvgIpc) is 2.88. The normalized spacial score (nSPS) is 11.4. The molecule has 0 saturated carbocycles. The van der Waals surface area contributed by atoms with Crippen molar-refractivity contribution in [3.63, 3.8) is 0 Å². The number of anilines is 1. The van der Waals surface area contributed by atoms with Crippen LogP contribution in [-0.2, 0) is 12.3 Å². The molecule has 0 aliphatic heterocycles. The lowest BCUT2D eigenvalue weighted by Crippen LogP contribution is -2.35. The van der Waals surface area contributed by atoms with Crippen molar-refractivity contribution in [2.75, 3.05) is 5.73 Å². The van der Waals surface area contributed by atoms with E-state index < -0.39 is 0 Å². The molecule has 0 bridgehead atoms. The van der Waals surface area contributed by atoms with Crippen molar-refractivity contribution in [2.45, 2.75) is 31.2 Å². The quantitative estimate of drug-likeness (QED) is 0.428. The summed E-state index contributed by atoms with van der Waals surface area (Å²) in [6.07, 6.45) is 3.73. The van der Waals surface area contributed by atoms with Crippen molar-refractivity contribution in [3.05, 3.63) is 36.4 Å². The summed E-state index contributed by atoms with van der Waals surface area (Å²) < 4.78 is 2.09. The Morgan fingerprint density at radius 3 is 2.91 bits per heavy atom. The van der Waals surface area contributed by atoms with Gasteiger partial charge in [-0.05, 0) is 18.1 Å². The fraction of sp³-hybridized carbons (Fsp3) is 0.333. The number of nitrogen functional groups attached to an aromatic ring is 1. The molecule has 0 fully saturated rings. The minimum atomic E-state index is 0.299. The van der Waals surface area contributed by atoms with Crippen molar-refractivity contribution in [1.82, 2.24) is 19.9 Å². The number of aromatic nitrogens is 5. The van der Waals surface area contributed by atoms with Crippen LogP contribution in [0, 0.1) is 5.92 Å². The summed E-state index contributed by atoms with van der Waals surface area (Å²) >= 11 is 1.61. The Balaban J connectivity index is 1.90. The molecule has 0 aromatic carbocycles. The van der Waals surface area contributed by atoms with Gasteiger partial charge in [0.1, 0.15) is 5.03 Å². The second-order valence-corrected chi connectivity index (χ2v) is 6.48. The maximum Gasteiger partial charge on any atom is 0.308 e. The molecule has 0 saturated heterocycles. The van der Waals surface area contributed by atoms with Crippen LogP contribution in [0.1, 0.15) is 19.5 Å². The number of hydrogen-bond donors (Lipinski definition) is 2. The van der Waals surface area contributed by atoms with Gasteiger partial charge in [-0.2, -0.15) is 4.98 Å². The van der Waals surface area contributed by atoms with Gasteiger partial charge in [0.15, 0.2) is 6.33 Å². The molecule has 7 heteroatoms. The van der Waals surface area contributed by atoms with Gasteiger partial charge in [0.2, 0.25) is 5.52 Å². The van der Waals surface area contributed by atoms with Crippen LogP contribution in [0.5, 0.6) is 0 Å². The topological polar surface area (TPSA) is 84.4 Å². The lowest BCUT2D eigenvalue weighted by molar-refractivity contribution is -0.678. The maximum atomic E-state index is 5.87. The molecular weight excluding hydrogens is 296 g/mol. The van der Waals surface area contributed by atoms with Gasteiger partial charge in [-0.15, -0.1) is 0 Å². The molecule has 0 amide bonds. The van der Waals surface area contributed by atoms with Gasteiger partial charge < -0.3 is 5.73 Å². The molecule has 0 aliphatic rings. The first-order valence-electron chi connectivity index (χ1n) is 7.20. The van der Waals surface area contributed by atoms with Crippen LogP contribution in [0.3, 0.4) is 0 Å². The van der Waals surface area contributed by atoms with Crippen molar-refractivity contribution >= 4 is 28.9 Å². The number of aromatic amines is 1. The SMILES string of the molecule is CC(C)C[n+]1c[nH]c2c(SCc3ccccn3)nc(N)nc21. The summed E-state index contributed by atoms with van der Waals surface area (Å²) in [5.74, 6) is 1.58. The lowest BCUT2D eigenvalue weighted by Gasteiger charge is -2.02. The fourth-order valence-electron chi connectivity index (χ4n) is 2.25. The molecule has 22 heavy (non-hydrogen) atoms. The van der Waals surface area contributed by atoms with E-state index in [1.165, 1.54) is 0 Å². The molecule has 3 aromatic rings. The van der Waals surface area contributed by atoms with Crippen LogP contribution < -0.4 is 10.3 Å². The van der Waals surface area contributed by atoms with Gasteiger partial charge >= 0.3 is 5.65 Å². The highest BCUT2D eigenvalue weighted by molar-refractivity contribution is 7.98. The Bertz CT molecular complexity index is 768. The van der Waals surface area contributed by atoms with E-state index in [0.717, 1.165) is 34.2 Å². The zero-order valence-corrected chi connectivity index (χ0v) is 13.5. The highest BCUT2D eigenvalue weighted by Crippen LogP contribution is 2.25. The molecule has 0 radical (unpaired) electrons. The largest absolute Gasteiger partial charge is 0.354 e. The number of hydrogen-bond acceptors (Lipinski definition) is 5. The third-order valence-electron chi connectivity index (χ3n) is 3.16. The minimum Gasteiger partial charge on any atom is -0.354 e. The predicted octanol–water partition coefficient (Wildman–Crippen LogP) is 2.17. The van der Waals surface area contributed by atoms with E-state index in [1.54, 1.807) is 18.0 Å². The summed E-state index contributed by atoms with van der Waals surface area (Å²) in [4.78, 5) is 16.3. The van der Waals surface area contributed by atoms with Crippen LogP contribution in [-0.4, -0.2) is 19.9 Å². The van der Waals surface area contributed by atoms with E-state index in [0.29, 0.717) is 11.9 Å². The van der Waals surface area contributed by atoms with Gasteiger partial charge in [-0.3, -0.25) is 9.97 Å². The highest BCUT2D eigenvalue weighted by Gasteiger charge is 2.19. The van der Waals surface area contributed by atoms with Gasteiger partial charge in [-0.25, -0.2) is 4.57 Å². The number of pyridine rings is 1. The minimum absolute atomic E-state index is 0.299. The Labute approximate surface area is 133 Å². The molecule has 3 N–H and O–H groups in total. The summed E-state index contributed by atoms with van der Waals surface area (Å²) in [6, 6.07) is 5.90. The molecule has 0 unspecified atom stereocenters. The van der Waals surface area contributed by atoms with Crippen LogP contribution in [0.2, 0.25) is 0 Å². The molecule has 0 spiro atoms. The van der Waals surface area contributed by atoms with Crippen molar-refractivity contribution in [2.24, 2.45) is 5.92 Å². The second kappa shape index (κ2) is 6.31. The first-order chi connectivity index (χ1) is 10.6. The molecule has 0 aliphatic carbocycles. The van der Waals surface area contributed by atoms with Gasteiger partial charge in [0, 0.05) is 11.9 Å². The molecule has 3 aromatic heterocycles. The molecule has 0 atom stereocenters. The first kappa shape index (κ1) is 14.8. The molecule has 3 rings (SSSR count). The number of H-pyrrole nitrogens is 1. The highest BCUT2D eigenvalue weighted by atomic mass is 32.2. The summed E-state index contributed by atoms with van der Waals surface area (Å²) in [5.41, 5.74) is 8.67. The second-order valence-electron chi connectivity index (χ2n) is 5.51. The summed E-state index contributed by atoms with van der Waals surface area (Å²) in [5, 5.41) is 0.857. The van der Waals surface area contributed by atoms with Crippen LogP contribution >= 0.6 is 11.8 Å². The third-order valence-corrected chi connectivity index (χ3v) is 4.16. The maximum absolute atomic E-state index is 5.87. The van der Waals surface area contributed by atoms with Crippen LogP contribution in [0.25, 0.3) is 11.2 Å². The number of thioether (sulfide) groups is 1. The van der Waals surface area contributed by atoms with Crippen LogP contribution in [0.15, 0.2) is 35.7 Å². The average molecular weight is 315 g/mol.